The summed E-state index contributed by atoms with van der Waals surface area (Å²) in [6.07, 6.45) is 6.99. The molecule has 0 unspecified atom stereocenters. The van der Waals surface area contributed by atoms with Gasteiger partial charge in [0, 0.05) is 24.7 Å². The van der Waals surface area contributed by atoms with Crippen LogP contribution < -0.4 is 4.90 Å². The van der Waals surface area contributed by atoms with Gasteiger partial charge in [-0.05, 0) is 18.3 Å². The van der Waals surface area contributed by atoms with E-state index in [2.05, 4.69) is 18.7 Å². The molecule has 0 radical (unpaired) electrons. The highest BCUT2D eigenvalue weighted by Crippen LogP contribution is 2.39. The average molecular weight is 293 g/mol. The van der Waals surface area contributed by atoms with Crippen LogP contribution in [0.3, 0.4) is 0 Å². The van der Waals surface area contributed by atoms with E-state index in [1.165, 1.54) is 25.7 Å². The second kappa shape index (κ2) is 5.37. The summed E-state index contributed by atoms with van der Waals surface area (Å²) >= 11 is 1.62. The monoisotopic (exact) mass is 293 g/mol. The van der Waals surface area contributed by atoms with Crippen molar-refractivity contribution < 1.29 is 5.11 Å². The summed E-state index contributed by atoms with van der Waals surface area (Å²) in [5, 5.41) is 11.7. The van der Waals surface area contributed by atoms with E-state index in [9.17, 15) is 5.11 Å². The molecule has 4 nitrogen and oxygen atoms in total. The predicted molar refractivity (Wildman–Crippen MR) is 83.5 cm³/mol. The van der Waals surface area contributed by atoms with Gasteiger partial charge < -0.3 is 10.0 Å². The Morgan fingerprint density at radius 1 is 1.30 bits per heavy atom. The maximum Gasteiger partial charge on any atom is 0.195 e. The fourth-order valence-electron chi connectivity index (χ4n) is 3.37. The van der Waals surface area contributed by atoms with Crippen molar-refractivity contribution in [2.24, 2.45) is 5.41 Å². The minimum Gasteiger partial charge on any atom is -0.390 e. The molecule has 1 aliphatic rings. The standard InChI is InChI=1S/C15H23N3OS/c1-3-15(4-2)5-7-17(8-6-15)13-12(11-19)18-9-10-20-14(18)16-13/h9-10,19H,3-8,11H2,1-2H3. The summed E-state index contributed by atoms with van der Waals surface area (Å²) in [5.74, 6) is 0.986. The maximum atomic E-state index is 9.67. The molecule has 0 saturated carbocycles. The lowest BCUT2D eigenvalue weighted by molar-refractivity contribution is 0.198. The number of hydrogen-bond acceptors (Lipinski definition) is 4. The number of piperidine rings is 1. The van der Waals surface area contributed by atoms with E-state index in [4.69, 9.17) is 4.98 Å². The van der Waals surface area contributed by atoms with Gasteiger partial charge in [0.05, 0.1) is 12.3 Å². The van der Waals surface area contributed by atoms with Gasteiger partial charge in [0.25, 0.3) is 0 Å². The highest BCUT2D eigenvalue weighted by atomic mass is 32.1. The van der Waals surface area contributed by atoms with E-state index in [0.717, 1.165) is 29.6 Å². The number of thiazole rings is 1. The van der Waals surface area contributed by atoms with Crippen molar-refractivity contribution in [3.63, 3.8) is 0 Å². The fraction of sp³-hybridized carbons (Fsp3) is 0.667. The lowest BCUT2D eigenvalue weighted by Crippen LogP contribution is -2.40. The number of nitrogens with zero attached hydrogens (tertiary/aromatic N) is 3. The van der Waals surface area contributed by atoms with E-state index >= 15 is 0 Å². The van der Waals surface area contributed by atoms with Crippen molar-refractivity contribution in [1.82, 2.24) is 9.38 Å². The van der Waals surface area contributed by atoms with Gasteiger partial charge in [0.1, 0.15) is 0 Å². The Balaban J connectivity index is 1.84. The van der Waals surface area contributed by atoms with Crippen LogP contribution in [0.4, 0.5) is 5.82 Å². The number of aliphatic hydroxyl groups excluding tert-OH is 1. The number of hydrogen-bond donors (Lipinski definition) is 1. The Labute approximate surface area is 124 Å². The van der Waals surface area contributed by atoms with Crippen LogP contribution in [-0.4, -0.2) is 27.6 Å². The quantitative estimate of drug-likeness (QED) is 0.940. The number of aromatic nitrogens is 2. The van der Waals surface area contributed by atoms with Gasteiger partial charge in [-0.25, -0.2) is 4.98 Å². The molecule has 20 heavy (non-hydrogen) atoms. The predicted octanol–water partition coefficient (Wildman–Crippen LogP) is 3.29. The molecule has 0 bridgehead atoms. The van der Waals surface area contributed by atoms with Crippen LogP contribution in [0.15, 0.2) is 11.6 Å². The topological polar surface area (TPSA) is 40.8 Å². The van der Waals surface area contributed by atoms with Crippen molar-refractivity contribution in [1.29, 1.82) is 0 Å². The Hall–Kier alpha value is -1.07. The minimum atomic E-state index is 0.0520. The van der Waals surface area contributed by atoms with E-state index < -0.39 is 0 Å². The Bertz CT molecular complexity index is 575. The summed E-state index contributed by atoms with van der Waals surface area (Å²) in [6.45, 7) is 6.78. The van der Waals surface area contributed by atoms with Gasteiger partial charge in [-0.2, -0.15) is 0 Å². The first-order valence-corrected chi connectivity index (χ1v) is 8.41. The second-order valence-corrected chi connectivity index (χ2v) is 6.66. The molecule has 5 heteroatoms. The number of anilines is 1. The van der Waals surface area contributed by atoms with Gasteiger partial charge in [-0.3, -0.25) is 4.40 Å². The largest absolute Gasteiger partial charge is 0.390 e. The van der Waals surface area contributed by atoms with Gasteiger partial charge in [0.2, 0.25) is 0 Å². The van der Waals surface area contributed by atoms with E-state index in [-0.39, 0.29) is 6.61 Å². The average Bonchev–Trinajstić information content (AvgIpc) is 3.07. The lowest BCUT2D eigenvalue weighted by Gasteiger charge is -2.41. The summed E-state index contributed by atoms with van der Waals surface area (Å²) < 4.78 is 2.02. The first kappa shape index (κ1) is 13.9. The molecule has 110 valence electrons. The summed E-state index contributed by atoms with van der Waals surface area (Å²) in [5.41, 5.74) is 1.45. The molecule has 1 N–H and O–H groups in total. The van der Waals surface area contributed by atoms with E-state index in [1.54, 1.807) is 11.3 Å². The molecule has 0 amide bonds. The Kier molecular flexibility index (Phi) is 3.73. The molecule has 1 saturated heterocycles. The number of imidazole rings is 1. The zero-order valence-electron chi connectivity index (χ0n) is 12.3. The second-order valence-electron chi connectivity index (χ2n) is 5.79. The third-order valence-electron chi connectivity index (χ3n) is 5.11. The first-order chi connectivity index (χ1) is 9.73. The zero-order valence-corrected chi connectivity index (χ0v) is 13.1. The van der Waals surface area contributed by atoms with Crippen LogP contribution >= 0.6 is 11.3 Å². The van der Waals surface area contributed by atoms with Crippen LogP contribution in [-0.2, 0) is 6.61 Å². The summed E-state index contributed by atoms with van der Waals surface area (Å²) in [7, 11) is 0. The highest BCUT2D eigenvalue weighted by Gasteiger charge is 2.32. The van der Waals surface area contributed by atoms with Crippen molar-refractivity contribution in [3.05, 3.63) is 17.3 Å². The molecule has 2 aromatic heterocycles. The van der Waals surface area contributed by atoms with Gasteiger partial charge in [0.15, 0.2) is 10.8 Å². The molecule has 0 aromatic carbocycles. The third kappa shape index (κ3) is 2.13. The van der Waals surface area contributed by atoms with Crippen molar-refractivity contribution >= 4 is 22.1 Å². The molecule has 1 fully saturated rings. The number of fused-ring (bicyclic) bond motifs is 1. The molecule has 2 aromatic rings. The van der Waals surface area contributed by atoms with E-state index in [1.807, 2.05) is 16.0 Å². The fourth-order valence-corrected chi connectivity index (χ4v) is 4.10. The number of rotatable bonds is 4. The van der Waals surface area contributed by atoms with E-state index in [0.29, 0.717) is 5.41 Å². The Morgan fingerprint density at radius 2 is 2.00 bits per heavy atom. The van der Waals surface area contributed by atoms with Gasteiger partial charge >= 0.3 is 0 Å². The normalized spacial score (nSPS) is 18.9. The third-order valence-corrected chi connectivity index (χ3v) is 5.87. The minimum absolute atomic E-state index is 0.0520. The van der Waals surface area contributed by atoms with Gasteiger partial charge in [-0.1, -0.05) is 26.7 Å². The lowest BCUT2D eigenvalue weighted by atomic mass is 9.74. The Morgan fingerprint density at radius 3 is 2.60 bits per heavy atom. The first-order valence-electron chi connectivity index (χ1n) is 7.53. The highest BCUT2D eigenvalue weighted by molar-refractivity contribution is 7.15. The molecular weight excluding hydrogens is 270 g/mol. The molecule has 0 atom stereocenters. The van der Waals surface area contributed by atoms with Crippen molar-refractivity contribution in [2.45, 2.75) is 46.1 Å². The van der Waals surface area contributed by atoms with Crippen LogP contribution in [0.25, 0.3) is 4.96 Å². The van der Waals surface area contributed by atoms with Crippen LogP contribution in [0, 0.1) is 5.41 Å². The summed E-state index contributed by atoms with van der Waals surface area (Å²) in [4.78, 5) is 8.05. The van der Waals surface area contributed by atoms with Crippen LogP contribution in [0.1, 0.15) is 45.2 Å². The van der Waals surface area contributed by atoms with Crippen molar-refractivity contribution in [3.8, 4) is 0 Å². The summed E-state index contributed by atoms with van der Waals surface area (Å²) in [6, 6.07) is 0. The molecule has 3 heterocycles. The molecule has 0 aliphatic carbocycles. The van der Waals surface area contributed by atoms with Crippen molar-refractivity contribution in [2.75, 3.05) is 18.0 Å². The molecule has 0 spiro atoms. The zero-order chi connectivity index (χ0) is 14.2. The SMILES string of the molecule is CCC1(CC)CCN(c2nc3sccn3c2CO)CC1. The smallest absolute Gasteiger partial charge is 0.195 e. The van der Waals surface area contributed by atoms with Gasteiger partial charge in [-0.15, -0.1) is 11.3 Å². The maximum absolute atomic E-state index is 9.67. The van der Waals surface area contributed by atoms with Crippen LogP contribution in [0.5, 0.6) is 0 Å². The molecule has 3 rings (SSSR count). The van der Waals surface area contributed by atoms with Crippen LogP contribution in [0.2, 0.25) is 0 Å². The number of aliphatic hydroxyl groups is 1. The molecular formula is C15H23N3OS. The molecule has 1 aliphatic heterocycles.